The Morgan fingerprint density at radius 2 is 2.25 bits per heavy atom. The maximum absolute atomic E-state index is 10.8. The van der Waals surface area contributed by atoms with Gasteiger partial charge in [0.2, 0.25) is 0 Å². The van der Waals surface area contributed by atoms with E-state index in [1.54, 1.807) is 19.1 Å². The standard InChI is InChI=1S/C12H14N2O2/c1-3-4-5-8-13-11-9-10(2)6-7-12(11)14(15)16/h6-7,9,13H,5,8H2,1-2H3. The number of rotatable bonds is 4. The van der Waals surface area contributed by atoms with Crippen LogP contribution < -0.4 is 5.32 Å². The molecular formula is C12H14N2O2. The van der Waals surface area contributed by atoms with Crippen molar-refractivity contribution in [3.63, 3.8) is 0 Å². The topological polar surface area (TPSA) is 55.2 Å². The minimum Gasteiger partial charge on any atom is -0.379 e. The minimum atomic E-state index is -0.382. The first-order chi connectivity index (χ1) is 7.65. The molecule has 0 unspecified atom stereocenters. The summed E-state index contributed by atoms with van der Waals surface area (Å²) < 4.78 is 0. The highest BCUT2D eigenvalue weighted by molar-refractivity contribution is 5.62. The molecule has 1 aromatic carbocycles. The van der Waals surface area contributed by atoms with Crippen molar-refractivity contribution in [2.24, 2.45) is 0 Å². The number of hydrogen-bond acceptors (Lipinski definition) is 3. The van der Waals surface area contributed by atoms with Crippen molar-refractivity contribution in [3.05, 3.63) is 33.9 Å². The highest BCUT2D eigenvalue weighted by atomic mass is 16.6. The van der Waals surface area contributed by atoms with Gasteiger partial charge in [0.05, 0.1) is 4.92 Å². The average molecular weight is 218 g/mol. The number of benzene rings is 1. The smallest absolute Gasteiger partial charge is 0.292 e. The van der Waals surface area contributed by atoms with Crippen LogP contribution in [0.15, 0.2) is 18.2 Å². The van der Waals surface area contributed by atoms with Crippen LogP contribution in [0, 0.1) is 28.9 Å². The van der Waals surface area contributed by atoms with E-state index in [1.807, 2.05) is 6.92 Å². The summed E-state index contributed by atoms with van der Waals surface area (Å²) in [5.74, 6) is 5.68. The van der Waals surface area contributed by atoms with Crippen molar-refractivity contribution in [2.75, 3.05) is 11.9 Å². The molecule has 0 bridgehead atoms. The van der Waals surface area contributed by atoms with Crippen LogP contribution in [0.2, 0.25) is 0 Å². The molecule has 16 heavy (non-hydrogen) atoms. The minimum absolute atomic E-state index is 0.107. The number of nitro groups is 1. The Morgan fingerprint density at radius 3 is 2.88 bits per heavy atom. The Balaban J connectivity index is 2.78. The van der Waals surface area contributed by atoms with Crippen LogP contribution in [0.25, 0.3) is 0 Å². The Hall–Kier alpha value is -2.02. The van der Waals surface area contributed by atoms with Crippen LogP contribution >= 0.6 is 0 Å². The van der Waals surface area contributed by atoms with E-state index < -0.39 is 0 Å². The molecule has 0 radical (unpaired) electrons. The average Bonchev–Trinajstić information content (AvgIpc) is 2.24. The Bertz CT molecular complexity index is 444. The molecule has 0 aliphatic carbocycles. The van der Waals surface area contributed by atoms with Gasteiger partial charge in [-0.1, -0.05) is 6.07 Å². The molecule has 0 saturated carbocycles. The van der Waals surface area contributed by atoms with Crippen LogP contribution in [0.1, 0.15) is 18.9 Å². The molecular weight excluding hydrogens is 204 g/mol. The number of nitrogens with one attached hydrogen (secondary N) is 1. The van der Waals surface area contributed by atoms with Gasteiger partial charge in [-0.2, -0.15) is 0 Å². The molecule has 0 aliphatic heterocycles. The Morgan fingerprint density at radius 1 is 1.50 bits per heavy atom. The largest absolute Gasteiger partial charge is 0.379 e. The lowest BCUT2D eigenvalue weighted by Crippen LogP contribution is -2.03. The van der Waals surface area contributed by atoms with Crippen LogP contribution in [0.4, 0.5) is 11.4 Å². The van der Waals surface area contributed by atoms with E-state index >= 15 is 0 Å². The number of hydrogen-bond donors (Lipinski definition) is 1. The second-order valence-electron chi connectivity index (χ2n) is 3.38. The third kappa shape index (κ3) is 3.28. The van der Waals surface area contributed by atoms with Gasteiger partial charge in [-0.15, -0.1) is 11.8 Å². The lowest BCUT2D eigenvalue weighted by Gasteiger charge is -2.05. The maximum Gasteiger partial charge on any atom is 0.292 e. The van der Waals surface area contributed by atoms with Gasteiger partial charge < -0.3 is 5.32 Å². The van der Waals surface area contributed by atoms with Gasteiger partial charge in [0.15, 0.2) is 0 Å². The van der Waals surface area contributed by atoms with Crippen LogP contribution in [-0.2, 0) is 0 Å². The SMILES string of the molecule is CC#CCCNc1cc(C)ccc1[N+](=O)[O-]. The van der Waals surface area contributed by atoms with E-state index in [4.69, 9.17) is 0 Å². The van der Waals surface area contributed by atoms with Crippen LogP contribution in [-0.4, -0.2) is 11.5 Å². The molecule has 0 heterocycles. The van der Waals surface area contributed by atoms with Gasteiger partial charge in [-0.3, -0.25) is 10.1 Å². The molecule has 0 spiro atoms. The van der Waals surface area contributed by atoms with Crippen molar-refractivity contribution in [3.8, 4) is 11.8 Å². The van der Waals surface area contributed by atoms with Gasteiger partial charge in [-0.25, -0.2) is 0 Å². The summed E-state index contributed by atoms with van der Waals surface area (Å²) in [6.45, 7) is 4.29. The molecule has 4 heteroatoms. The molecule has 0 aromatic heterocycles. The zero-order valence-corrected chi connectivity index (χ0v) is 9.41. The number of anilines is 1. The van der Waals surface area contributed by atoms with Gasteiger partial charge in [0, 0.05) is 19.0 Å². The number of nitrogens with zero attached hydrogens (tertiary/aromatic N) is 1. The second-order valence-corrected chi connectivity index (χ2v) is 3.38. The molecule has 0 atom stereocenters. The molecule has 0 aliphatic rings. The van der Waals surface area contributed by atoms with Crippen molar-refractivity contribution in [1.82, 2.24) is 0 Å². The highest BCUT2D eigenvalue weighted by Crippen LogP contribution is 2.24. The molecule has 0 amide bonds. The van der Waals surface area contributed by atoms with E-state index in [2.05, 4.69) is 17.2 Å². The van der Waals surface area contributed by atoms with Crippen molar-refractivity contribution in [2.45, 2.75) is 20.3 Å². The maximum atomic E-state index is 10.8. The van der Waals surface area contributed by atoms with Crippen molar-refractivity contribution in [1.29, 1.82) is 0 Å². The van der Waals surface area contributed by atoms with Gasteiger partial charge >= 0.3 is 0 Å². The molecule has 84 valence electrons. The third-order valence-corrected chi connectivity index (χ3v) is 2.09. The zero-order valence-electron chi connectivity index (χ0n) is 9.41. The Kier molecular flexibility index (Phi) is 4.34. The summed E-state index contributed by atoms with van der Waals surface area (Å²) in [5.41, 5.74) is 1.66. The fourth-order valence-electron chi connectivity index (χ4n) is 1.34. The monoisotopic (exact) mass is 218 g/mol. The summed E-state index contributed by atoms with van der Waals surface area (Å²) in [7, 11) is 0. The van der Waals surface area contributed by atoms with Crippen LogP contribution in [0.3, 0.4) is 0 Å². The first-order valence-corrected chi connectivity index (χ1v) is 5.03. The van der Waals surface area contributed by atoms with Gasteiger partial charge in [-0.05, 0) is 25.5 Å². The molecule has 1 N–H and O–H groups in total. The van der Waals surface area contributed by atoms with Gasteiger partial charge in [0.1, 0.15) is 5.69 Å². The summed E-state index contributed by atoms with van der Waals surface area (Å²) in [4.78, 5) is 10.4. The van der Waals surface area contributed by atoms with Gasteiger partial charge in [0.25, 0.3) is 5.69 Å². The van der Waals surface area contributed by atoms with E-state index in [0.717, 1.165) is 5.56 Å². The normalized spacial score (nSPS) is 9.12. The van der Waals surface area contributed by atoms with E-state index in [9.17, 15) is 10.1 Å². The number of nitro benzene ring substituents is 1. The predicted octanol–water partition coefficient (Wildman–Crippen LogP) is 2.73. The summed E-state index contributed by atoms with van der Waals surface area (Å²) in [6.07, 6.45) is 0.682. The predicted molar refractivity (Wildman–Crippen MR) is 64.4 cm³/mol. The van der Waals surface area contributed by atoms with Crippen LogP contribution in [0.5, 0.6) is 0 Å². The molecule has 1 rings (SSSR count). The quantitative estimate of drug-likeness (QED) is 0.366. The fourth-order valence-corrected chi connectivity index (χ4v) is 1.34. The molecule has 1 aromatic rings. The molecule has 4 nitrogen and oxygen atoms in total. The zero-order chi connectivity index (χ0) is 12.0. The fraction of sp³-hybridized carbons (Fsp3) is 0.333. The summed E-state index contributed by atoms with van der Waals surface area (Å²) in [5, 5.41) is 13.8. The first-order valence-electron chi connectivity index (χ1n) is 5.03. The second kappa shape index (κ2) is 5.76. The van der Waals surface area contributed by atoms with Crippen molar-refractivity contribution < 1.29 is 4.92 Å². The molecule has 0 saturated heterocycles. The third-order valence-electron chi connectivity index (χ3n) is 2.09. The summed E-state index contributed by atoms with van der Waals surface area (Å²) >= 11 is 0. The first kappa shape index (κ1) is 12.1. The number of aryl methyl sites for hydroxylation is 1. The Labute approximate surface area is 94.8 Å². The lowest BCUT2D eigenvalue weighted by molar-refractivity contribution is -0.384. The lowest BCUT2D eigenvalue weighted by atomic mass is 10.2. The van der Waals surface area contributed by atoms with E-state index in [1.165, 1.54) is 6.07 Å². The van der Waals surface area contributed by atoms with E-state index in [0.29, 0.717) is 18.7 Å². The van der Waals surface area contributed by atoms with E-state index in [-0.39, 0.29) is 10.6 Å². The molecule has 0 fully saturated rings. The summed E-state index contributed by atoms with van der Waals surface area (Å²) in [6, 6.07) is 5.02. The van der Waals surface area contributed by atoms with Crippen molar-refractivity contribution >= 4 is 11.4 Å². The highest BCUT2D eigenvalue weighted by Gasteiger charge is 2.12.